The summed E-state index contributed by atoms with van der Waals surface area (Å²) >= 11 is 0. The minimum atomic E-state index is -0.0730. The highest BCUT2D eigenvalue weighted by molar-refractivity contribution is 5.77. The molecule has 2 aliphatic rings. The molecule has 0 amide bonds. The van der Waals surface area contributed by atoms with Crippen molar-refractivity contribution in [2.45, 2.75) is 0 Å². The predicted molar refractivity (Wildman–Crippen MR) is 40.8 cm³/mol. The fourth-order valence-corrected chi connectivity index (χ4v) is 1.69. The number of carbonyl (C=O) groups excluding carboxylic acids is 1. The highest BCUT2D eigenvalue weighted by atomic mass is 16.5. The quantitative estimate of drug-likeness (QED) is 0.524. The number of hydrogen-bond donors (Lipinski definition) is 0. The lowest BCUT2D eigenvalue weighted by atomic mass is 10.2. The Bertz CT molecular complexity index is 222. The van der Waals surface area contributed by atoms with Crippen LogP contribution >= 0.6 is 0 Å². The summed E-state index contributed by atoms with van der Waals surface area (Å²) in [5.74, 6) is 0.881. The van der Waals surface area contributed by atoms with E-state index in [0.29, 0.717) is 11.8 Å². The van der Waals surface area contributed by atoms with Crippen molar-refractivity contribution in [2.75, 3.05) is 7.11 Å². The molecule has 2 nitrogen and oxygen atoms in total. The Morgan fingerprint density at radius 1 is 1.27 bits per heavy atom. The molecule has 2 aliphatic carbocycles. The molecule has 0 saturated heterocycles. The first-order valence-corrected chi connectivity index (χ1v) is 3.77. The molecule has 2 unspecified atom stereocenters. The van der Waals surface area contributed by atoms with Crippen LogP contribution in [0.2, 0.25) is 0 Å². The first-order valence-electron chi connectivity index (χ1n) is 3.77. The number of ether oxygens (including phenoxy) is 1. The van der Waals surface area contributed by atoms with Crippen LogP contribution in [0.4, 0.5) is 0 Å². The van der Waals surface area contributed by atoms with Crippen molar-refractivity contribution in [3.05, 3.63) is 24.3 Å². The molecule has 0 aromatic carbocycles. The first-order chi connectivity index (χ1) is 5.34. The van der Waals surface area contributed by atoms with E-state index in [4.69, 9.17) is 0 Å². The van der Waals surface area contributed by atoms with Gasteiger partial charge < -0.3 is 4.74 Å². The number of methoxy groups -OCH3 is 1. The number of esters is 1. The van der Waals surface area contributed by atoms with Gasteiger partial charge >= 0.3 is 5.97 Å². The summed E-state index contributed by atoms with van der Waals surface area (Å²) in [6.45, 7) is 0. The van der Waals surface area contributed by atoms with Crippen LogP contribution in [0.25, 0.3) is 0 Å². The molecule has 1 saturated carbocycles. The van der Waals surface area contributed by atoms with Gasteiger partial charge in [-0.25, -0.2) is 0 Å². The molecule has 2 heteroatoms. The summed E-state index contributed by atoms with van der Waals surface area (Å²) in [5.41, 5.74) is 0. The van der Waals surface area contributed by atoms with Gasteiger partial charge in [0.1, 0.15) is 0 Å². The molecule has 0 bridgehead atoms. The molecule has 2 rings (SSSR count). The SMILES string of the molecule is COC(=O)C1C2C=CC=CC21. The van der Waals surface area contributed by atoms with Crippen LogP contribution in [-0.2, 0) is 9.53 Å². The van der Waals surface area contributed by atoms with Crippen molar-refractivity contribution in [1.29, 1.82) is 0 Å². The molecular weight excluding hydrogens is 140 g/mol. The third-order valence-corrected chi connectivity index (χ3v) is 2.38. The van der Waals surface area contributed by atoms with Gasteiger partial charge in [-0.1, -0.05) is 24.3 Å². The van der Waals surface area contributed by atoms with Crippen LogP contribution in [0.1, 0.15) is 0 Å². The van der Waals surface area contributed by atoms with Crippen molar-refractivity contribution in [1.82, 2.24) is 0 Å². The summed E-state index contributed by atoms with van der Waals surface area (Å²) in [7, 11) is 1.44. The molecule has 0 spiro atoms. The minimum absolute atomic E-state index is 0.0730. The highest BCUT2D eigenvalue weighted by Gasteiger charge is 2.52. The second-order valence-corrected chi connectivity index (χ2v) is 2.97. The molecule has 58 valence electrons. The van der Waals surface area contributed by atoms with E-state index >= 15 is 0 Å². The maximum absolute atomic E-state index is 11.1. The zero-order valence-corrected chi connectivity index (χ0v) is 6.36. The molecule has 2 atom stereocenters. The van der Waals surface area contributed by atoms with Crippen LogP contribution in [0.5, 0.6) is 0 Å². The van der Waals surface area contributed by atoms with E-state index in [1.807, 2.05) is 12.2 Å². The van der Waals surface area contributed by atoms with Gasteiger partial charge in [-0.3, -0.25) is 4.79 Å². The second kappa shape index (κ2) is 2.22. The predicted octanol–water partition coefficient (Wildman–Crippen LogP) is 1.15. The Balaban J connectivity index is 2.08. The molecular formula is C9H10O2. The number of hydrogen-bond acceptors (Lipinski definition) is 2. The molecule has 0 N–H and O–H groups in total. The van der Waals surface area contributed by atoms with Gasteiger partial charge in [0.2, 0.25) is 0 Å². The zero-order valence-electron chi connectivity index (χ0n) is 6.36. The van der Waals surface area contributed by atoms with Gasteiger partial charge in [-0.2, -0.15) is 0 Å². The van der Waals surface area contributed by atoms with Crippen molar-refractivity contribution < 1.29 is 9.53 Å². The average Bonchev–Trinajstić information content (AvgIpc) is 2.77. The highest BCUT2D eigenvalue weighted by Crippen LogP contribution is 2.50. The maximum Gasteiger partial charge on any atom is 0.309 e. The molecule has 0 heterocycles. The minimum Gasteiger partial charge on any atom is -0.469 e. The Kier molecular flexibility index (Phi) is 1.34. The summed E-state index contributed by atoms with van der Waals surface area (Å²) < 4.78 is 4.66. The van der Waals surface area contributed by atoms with Crippen molar-refractivity contribution in [2.24, 2.45) is 17.8 Å². The number of fused-ring (bicyclic) bond motifs is 1. The lowest BCUT2D eigenvalue weighted by Gasteiger charge is -1.92. The van der Waals surface area contributed by atoms with Crippen LogP contribution in [0.15, 0.2) is 24.3 Å². The van der Waals surface area contributed by atoms with E-state index < -0.39 is 0 Å². The van der Waals surface area contributed by atoms with Crippen LogP contribution in [0.3, 0.4) is 0 Å². The monoisotopic (exact) mass is 150 g/mol. The van der Waals surface area contributed by atoms with E-state index in [1.54, 1.807) is 0 Å². The van der Waals surface area contributed by atoms with Gasteiger partial charge in [0.25, 0.3) is 0 Å². The average molecular weight is 150 g/mol. The van der Waals surface area contributed by atoms with Gasteiger partial charge in [-0.15, -0.1) is 0 Å². The van der Waals surface area contributed by atoms with Gasteiger partial charge in [0.05, 0.1) is 13.0 Å². The van der Waals surface area contributed by atoms with Gasteiger partial charge in [0.15, 0.2) is 0 Å². The number of rotatable bonds is 1. The van der Waals surface area contributed by atoms with E-state index in [0.717, 1.165) is 0 Å². The fourth-order valence-electron chi connectivity index (χ4n) is 1.69. The lowest BCUT2D eigenvalue weighted by molar-refractivity contribution is -0.142. The summed E-state index contributed by atoms with van der Waals surface area (Å²) in [5, 5.41) is 0. The second-order valence-electron chi connectivity index (χ2n) is 2.97. The zero-order chi connectivity index (χ0) is 7.84. The Morgan fingerprint density at radius 3 is 2.27 bits per heavy atom. The lowest BCUT2D eigenvalue weighted by Crippen LogP contribution is -2.04. The van der Waals surface area contributed by atoms with Crippen molar-refractivity contribution in [3.8, 4) is 0 Å². The van der Waals surface area contributed by atoms with Gasteiger partial charge in [0, 0.05) is 0 Å². The summed E-state index contributed by atoms with van der Waals surface area (Å²) in [4.78, 5) is 11.1. The Morgan fingerprint density at radius 2 is 1.82 bits per heavy atom. The normalized spacial score (nSPS) is 38.1. The van der Waals surface area contributed by atoms with E-state index in [1.165, 1.54) is 7.11 Å². The van der Waals surface area contributed by atoms with Crippen molar-refractivity contribution in [3.63, 3.8) is 0 Å². The molecule has 0 radical (unpaired) electrons. The topological polar surface area (TPSA) is 26.3 Å². The number of allylic oxidation sites excluding steroid dienone is 4. The van der Waals surface area contributed by atoms with Crippen LogP contribution in [0, 0.1) is 17.8 Å². The standard InChI is InChI=1S/C9H10O2/c1-11-9(10)8-6-4-2-3-5-7(6)8/h2-8H,1H3. The van der Waals surface area contributed by atoms with Crippen LogP contribution < -0.4 is 0 Å². The Labute approximate surface area is 65.5 Å². The summed E-state index contributed by atoms with van der Waals surface area (Å²) in [6, 6.07) is 0. The number of carbonyl (C=O) groups is 1. The van der Waals surface area contributed by atoms with Crippen molar-refractivity contribution >= 4 is 5.97 Å². The van der Waals surface area contributed by atoms with Crippen LogP contribution in [-0.4, -0.2) is 13.1 Å². The Hall–Kier alpha value is -1.05. The summed E-state index contributed by atoms with van der Waals surface area (Å²) in [6.07, 6.45) is 8.13. The molecule has 0 aromatic rings. The van der Waals surface area contributed by atoms with E-state index in [9.17, 15) is 4.79 Å². The largest absolute Gasteiger partial charge is 0.469 e. The van der Waals surface area contributed by atoms with E-state index in [2.05, 4.69) is 16.9 Å². The fraction of sp³-hybridized carbons (Fsp3) is 0.444. The smallest absolute Gasteiger partial charge is 0.309 e. The van der Waals surface area contributed by atoms with E-state index in [-0.39, 0.29) is 11.9 Å². The molecule has 11 heavy (non-hydrogen) atoms. The molecule has 0 aliphatic heterocycles. The third kappa shape index (κ3) is 0.897. The third-order valence-electron chi connectivity index (χ3n) is 2.38. The molecule has 0 aromatic heterocycles. The van der Waals surface area contributed by atoms with Gasteiger partial charge in [-0.05, 0) is 11.8 Å². The first kappa shape index (κ1) is 6.65. The molecule has 1 fully saturated rings. The maximum atomic E-state index is 11.1.